The molecule has 0 N–H and O–H groups in total. The molecule has 200 valence electrons. The van der Waals surface area contributed by atoms with E-state index in [1.54, 1.807) is 21.2 Å². The van der Waals surface area contributed by atoms with Crippen LogP contribution in [0.5, 0.6) is 0 Å². The van der Waals surface area contributed by atoms with Crippen molar-refractivity contribution in [3.63, 3.8) is 0 Å². The molecule has 10 aliphatic rings. The van der Waals surface area contributed by atoms with Gasteiger partial charge in [0.25, 0.3) is 0 Å². The molecule has 4 aromatic carbocycles. The second-order valence-corrected chi connectivity index (χ2v) is 44.5. The molecule has 0 bridgehead atoms. The van der Waals surface area contributed by atoms with E-state index in [1.165, 1.54) is 38.5 Å². The second kappa shape index (κ2) is 3.49. The molecule has 4 atom stereocenters. The van der Waals surface area contributed by atoms with E-state index in [4.69, 9.17) is 0 Å². The van der Waals surface area contributed by atoms with Gasteiger partial charge < -0.3 is 0 Å². The first-order valence-electron chi connectivity index (χ1n) is 14.1. The van der Waals surface area contributed by atoms with Gasteiger partial charge in [-0.25, -0.2) is 0 Å². The van der Waals surface area contributed by atoms with Crippen LogP contribution in [0.2, 0.25) is 38.5 Å². The first-order valence-corrected chi connectivity index (χ1v) is 23.0. The van der Waals surface area contributed by atoms with Gasteiger partial charge in [0, 0.05) is 20.4 Å². The van der Waals surface area contributed by atoms with Crippen LogP contribution < -0.4 is 21.2 Å². The average molecular weight is 697 g/mol. The zero-order valence-electron chi connectivity index (χ0n) is 21.1. The molecule has 0 aliphatic carbocycles. The SMILES string of the molecule is Cl.[Pd].c1ccc(P(c2ccccc2)[C]23[CH]4[CH]5[CH]6[C]2(P(c2ccccc2)c2ccccc2)[Fe]54632789[CH]3[CH]2[CH]7[CH]8[CH]39)cc1. The molecule has 0 amide bonds. The molecule has 0 aromatic heterocycles. The van der Waals surface area contributed by atoms with Crippen LogP contribution in [0, 0.1) is 0 Å². The van der Waals surface area contributed by atoms with Crippen LogP contribution in [-0.4, -0.2) is 8.11 Å². The molecule has 10 aliphatic heterocycles. The van der Waals surface area contributed by atoms with Gasteiger partial charge in [0.15, 0.2) is 0 Å². The third-order valence-electron chi connectivity index (χ3n) is 19.4. The quantitative estimate of drug-likeness (QED) is 0.142. The van der Waals surface area contributed by atoms with Crippen molar-refractivity contribution < 1.29 is 26.9 Å². The fraction of sp³-hybridized carbons (Fsp3) is 0.294. The van der Waals surface area contributed by atoms with Gasteiger partial charge >= 0.3 is 212 Å². The molecule has 10 saturated heterocycles. The van der Waals surface area contributed by atoms with Gasteiger partial charge in [-0.15, -0.1) is 12.4 Å². The summed E-state index contributed by atoms with van der Waals surface area (Å²) in [5.41, 5.74) is 0. The predicted octanol–water partition coefficient (Wildman–Crippen LogP) is 7.88. The number of fused-ring (bicyclic) bond motifs is 10. The molecule has 10 fully saturated rings. The Bertz CT molecular complexity index is 1920. The summed E-state index contributed by atoms with van der Waals surface area (Å²) < 4.78 is 1.48. The van der Waals surface area contributed by atoms with Gasteiger partial charge in [0.1, 0.15) is 0 Å². The van der Waals surface area contributed by atoms with E-state index in [2.05, 4.69) is 121 Å². The summed E-state index contributed by atoms with van der Waals surface area (Å²) in [4.78, 5) is 10.2. The van der Waals surface area contributed by atoms with Crippen molar-refractivity contribution in [3.05, 3.63) is 121 Å². The monoisotopic (exact) mass is 696 g/mol. The van der Waals surface area contributed by atoms with E-state index in [9.17, 15) is 0 Å². The summed E-state index contributed by atoms with van der Waals surface area (Å²) in [6.45, 7) is -3.82. The summed E-state index contributed by atoms with van der Waals surface area (Å²) in [6.07, 6.45) is 0. The standard InChI is InChI=1S/C29H23P2.C5H5.ClH.Fe.Pd/c1-5-14-24(15-6-1)30(25-16-7-2-8-17-25)28-22-13-23-29(28)31(26-18-9-3-10-19-26)27-20-11-4-12-21-27;1-2-4-5-3-1;;;/h1-23H;1-5H;1H;;. The Labute approximate surface area is 242 Å². The Balaban J connectivity index is 0.000000962. The van der Waals surface area contributed by atoms with Gasteiger partial charge in [0.05, 0.1) is 0 Å². The van der Waals surface area contributed by atoms with Crippen molar-refractivity contribution in [2.45, 2.75) is 46.6 Å². The van der Waals surface area contributed by atoms with Crippen molar-refractivity contribution in [3.8, 4) is 0 Å². The van der Waals surface area contributed by atoms with Crippen LogP contribution in [0.15, 0.2) is 121 Å². The molecule has 1 spiro atoms. The molecule has 5 heteroatoms. The summed E-state index contributed by atoms with van der Waals surface area (Å²) in [5, 5.41) is 6.86. The summed E-state index contributed by atoms with van der Waals surface area (Å²) >= 11 is 0. The molecule has 14 rings (SSSR count). The number of benzene rings is 4. The molecule has 10 heterocycles. The Hall–Kier alpha value is -0.788. The van der Waals surface area contributed by atoms with E-state index in [0.29, 0.717) is 0 Å². The first kappa shape index (κ1) is 21.8. The number of halogens is 1. The van der Waals surface area contributed by atoms with Crippen LogP contribution >= 0.6 is 28.3 Å². The fourth-order valence-corrected chi connectivity index (χ4v) is 126. The van der Waals surface area contributed by atoms with Crippen LogP contribution in [0.3, 0.4) is 0 Å². The Morgan fingerprint density at radius 1 is 0.410 bits per heavy atom. The summed E-state index contributed by atoms with van der Waals surface area (Å²) in [6, 6.07) is 48.2. The predicted molar refractivity (Wildman–Crippen MR) is 161 cm³/mol. The molecular formula is C34H29ClFeP2Pd. The van der Waals surface area contributed by atoms with Gasteiger partial charge in [-0.2, -0.15) is 0 Å². The van der Waals surface area contributed by atoms with Crippen LogP contribution in [0.1, 0.15) is 0 Å². The van der Waals surface area contributed by atoms with Gasteiger partial charge in [-0.1, -0.05) is 0 Å². The maximum absolute atomic E-state index is 3.82. The zero-order valence-corrected chi connectivity index (χ0v) is 26.4. The van der Waals surface area contributed by atoms with Gasteiger partial charge in [-0.05, 0) is 0 Å². The normalized spacial score (nSPS) is 59.8. The third-order valence-corrected chi connectivity index (χ3v) is 76.3. The number of hydrogen-bond donors (Lipinski definition) is 0. The van der Waals surface area contributed by atoms with E-state index >= 15 is 0 Å². The zero-order chi connectivity index (χ0) is 23.5. The van der Waals surface area contributed by atoms with Crippen molar-refractivity contribution >= 4 is 49.5 Å². The van der Waals surface area contributed by atoms with Crippen LogP contribution in [0.4, 0.5) is 0 Å². The molecule has 0 saturated carbocycles. The van der Waals surface area contributed by atoms with Crippen molar-refractivity contribution in [2.24, 2.45) is 0 Å². The van der Waals surface area contributed by atoms with E-state index < -0.39 is 6.51 Å². The van der Waals surface area contributed by atoms with Gasteiger partial charge in [0.2, 0.25) is 0 Å². The van der Waals surface area contributed by atoms with Crippen LogP contribution in [-0.2, 0) is 26.9 Å². The average Bonchev–Trinajstić information content (AvgIpc) is 3.92. The van der Waals surface area contributed by atoms with E-state index in [-0.39, 0.29) is 48.7 Å². The summed E-state index contributed by atoms with van der Waals surface area (Å²) in [7, 11) is -0.628. The Morgan fingerprint density at radius 2 is 0.667 bits per heavy atom. The summed E-state index contributed by atoms with van der Waals surface area (Å²) in [5.74, 6) is 0. The molecule has 4 aromatic rings. The fourth-order valence-electron chi connectivity index (χ4n) is 20.9. The van der Waals surface area contributed by atoms with Crippen molar-refractivity contribution in [2.75, 3.05) is 0 Å². The third kappa shape index (κ3) is 0.563. The number of hydrogen-bond acceptors (Lipinski definition) is 0. The van der Waals surface area contributed by atoms with Crippen LogP contribution in [0.25, 0.3) is 0 Å². The molecular weight excluding hydrogens is 668 g/mol. The van der Waals surface area contributed by atoms with E-state index in [1.807, 2.05) is 0 Å². The first-order chi connectivity index (χ1) is 18.1. The molecule has 0 radical (unpaired) electrons. The Morgan fingerprint density at radius 3 is 0.872 bits per heavy atom. The molecule has 4 unspecified atom stereocenters. The maximum atomic E-state index is 2.55. The topological polar surface area (TPSA) is 0 Å². The van der Waals surface area contributed by atoms with Crippen molar-refractivity contribution in [1.82, 2.24) is 0 Å². The van der Waals surface area contributed by atoms with E-state index in [0.717, 1.165) is 8.11 Å². The molecule has 0 nitrogen and oxygen atoms in total. The Kier molecular flexibility index (Phi) is 1.96. The minimum absolute atomic E-state index is 0. The van der Waals surface area contributed by atoms with Gasteiger partial charge in [-0.3, -0.25) is 0 Å². The van der Waals surface area contributed by atoms with Crippen molar-refractivity contribution in [1.29, 1.82) is 0 Å². The second-order valence-electron chi connectivity index (χ2n) is 15.7. The minimum atomic E-state index is -3.82. The molecule has 39 heavy (non-hydrogen) atoms. The number of rotatable bonds is 6.